The van der Waals surface area contributed by atoms with Crippen LogP contribution in [-0.2, 0) is 12.8 Å². The minimum Gasteiger partial charge on any atom is -0.314 e. The average molecular weight is 226 g/mol. The van der Waals surface area contributed by atoms with Crippen LogP contribution in [0.4, 0.5) is 0 Å². The number of hydrogen-bond donors (Lipinski definition) is 1. The van der Waals surface area contributed by atoms with Gasteiger partial charge in [-0.05, 0) is 5.92 Å². The van der Waals surface area contributed by atoms with E-state index >= 15 is 0 Å². The van der Waals surface area contributed by atoms with Crippen molar-refractivity contribution >= 4 is 11.3 Å². The topological polar surface area (TPSA) is 24.9 Å². The number of hydrogen-bond acceptors (Lipinski definition) is 3. The molecule has 1 rings (SSSR count). The SMILES string of the molecule is CC(C)Cc1nc(CCNC(C)C)cs1. The fourth-order valence-electron chi connectivity index (χ4n) is 1.40. The molecule has 0 unspecified atom stereocenters. The summed E-state index contributed by atoms with van der Waals surface area (Å²) in [7, 11) is 0. The maximum Gasteiger partial charge on any atom is 0.0930 e. The van der Waals surface area contributed by atoms with Gasteiger partial charge in [0, 0.05) is 30.8 Å². The summed E-state index contributed by atoms with van der Waals surface area (Å²) < 4.78 is 0. The summed E-state index contributed by atoms with van der Waals surface area (Å²) in [4.78, 5) is 4.63. The van der Waals surface area contributed by atoms with Gasteiger partial charge in [0.05, 0.1) is 10.7 Å². The summed E-state index contributed by atoms with van der Waals surface area (Å²) in [6.07, 6.45) is 2.16. The van der Waals surface area contributed by atoms with E-state index < -0.39 is 0 Å². The van der Waals surface area contributed by atoms with E-state index in [0.29, 0.717) is 12.0 Å². The molecule has 1 N–H and O–H groups in total. The predicted molar refractivity (Wildman–Crippen MR) is 67.5 cm³/mol. The highest BCUT2D eigenvalue weighted by molar-refractivity contribution is 7.09. The lowest BCUT2D eigenvalue weighted by molar-refractivity contribution is 0.586. The molecule has 0 aliphatic rings. The first-order valence-corrected chi connectivity index (χ1v) is 6.62. The van der Waals surface area contributed by atoms with Crippen LogP contribution in [0, 0.1) is 5.92 Å². The van der Waals surface area contributed by atoms with Gasteiger partial charge in [0.15, 0.2) is 0 Å². The Morgan fingerprint density at radius 2 is 2.07 bits per heavy atom. The Morgan fingerprint density at radius 1 is 1.33 bits per heavy atom. The van der Waals surface area contributed by atoms with Gasteiger partial charge in [-0.3, -0.25) is 0 Å². The molecule has 0 aliphatic carbocycles. The third-order valence-corrected chi connectivity index (χ3v) is 3.04. The molecular formula is C12H22N2S. The van der Waals surface area contributed by atoms with Gasteiger partial charge in [-0.25, -0.2) is 4.98 Å². The Kier molecular flexibility index (Phi) is 5.26. The molecule has 0 aliphatic heterocycles. The van der Waals surface area contributed by atoms with Crippen molar-refractivity contribution in [2.75, 3.05) is 6.54 Å². The van der Waals surface area contributed by atoms with Gasteiger partial charge in [-0.15, -0.1) is 11.3 Å². The van der Waals surface area contributed by atoms with Gasteiger partial charge < -0.3 is 5.32 Å². The lowest BCUT2D eigenvalue weighted by Crippen LogP contribution is -2.25. The van der Waals surface area contributed by atoms with Crippen LogP contribution in [0.5, 0.6) is 0 Å². The van der Waals surface area contributed by atoms with Crippen molar-refractivity contribution in [3.8, 4) is 0 Å². The number of nitrogens with zero attached hydrogens (tertiary/aromatic N) is 1. The summed E-state index contributed by atoms with van der Waals surface area (Å²) >= 11 is 1.80. The molecule has 2 nitrogen and oxygen atoms in total. The summed E-state index contributed by atoms with van der Waals surface area (Å²) in [5.41, 5.74) is 1.24. The highest BCUT2D eigenvalue weighted by Crippen LogP contribution is 2.14. The second-order valence-corrected chi connectivity index (χ2v) is 5.63. The van der Waals surface area contributed by atoms with Crippen LogP contribution in [0.1, 0.15) is 38.4 Å². The van der Waals surface area contributed by atoms with Crippen molar-refractivity contribution < 1.29 is 0 Å². The Labute approximate surface area is 97.1 Å². The second-order valence-electron chi connectivity index (χ2n) is 4.69. The summed E-state index contributed by atoms with van der Waals surface area (Å²) in [5, 5.41) is 6.88. The van der Waals surface area contributed by atoms with E-state index in [2.05, 4.69) is 43.4 Å². The first kappa shape index (κ1) is 12.7. The Hall–Kier alpha value is -0.410. The average Bonchev–Trinajstić information content (AvgIpc) is 2.50. The highest BCUT2D eigenvalue weighted by Gasteiger charge is 2.04. The van der Waals surface area contributed by atoms with Gasteiger partial charge in [-0.2, -0.15) is 0 Å². The Morgan fingerprint density at radius 3 is 2.67 bits per heavy atom. The number of aromatic nitrogens is 1. The van der Waals surface area contributed by atoms with Crippen LogP contribution < -0.4 is 5.32 Å². The fraction of sp³-hybridized carbons (Fsp3) is 0.750. The molecule has 0 fully saturated rings. The van der Waals surface area contributed by atoms with Crippen LogP contribution in [0.15, 0.2) is 5.38 Å². The third-order valence-electron chi connectivity index (χ3n) is 2.12. The van der Waals surface area contributed by atoms with E-state index in [1.807, 2.05) is 0 Å². The molecule has 0 atom stereocenters. The van der Waals surface area contributed by atoms with E-state index in [4.69, 9.17) is 0 Å². The van der Waals surface area contributed by atoms with E-state index in [1.165, 1.54) is 10.7 Å². The van der Waals surface area contributed by atoms with Crippen molar-refractivity contribution in [1.82, 2.24) is 10.3 Å². The lowest BCUT2D eigenvalue weighted by atomic mass is 10.1. The van der Waals surface area contributed by atoms with E-state index in [9.17, 15) is 0 Å². The smallest absolute Gasteiger partial charge is 0.0930 e. The Bertz CT molecular complexity index is 279. The van der Waals surface area contributed by atoms with Gasteiger partial charge in [-0.1, -0.05) is 27.7 Å². The van der Waals surface area contributed by atoms with Crippen LogP contribution in [0.3, 0.4) is 0 Å². The zero-order valence-electron chi connectivity index (χ0n) is 10.2. The molecule has 0 saturated carbocycles. The largest absolute Gasteiger partial charge is 0.314 e. The molecule has 86 valence electrons. The molecule has 0 radical (unpaired) electrons. The number of nitrogens with one attached hydrogen (secondary N) is 1. The maximum absolute atomic E-state index is 4.63. The first-order chi connectivity index (χ1) is 7.08. The Balaban J connectivity index is 2.33. The second kappa shape index (κ2) is 6.23. The van der Waals surface area contributed by atoms with Crippen molar-refractivity contribution in [3.63, 3.8) is 0 Å². The molecule has 0 bridgehead atoms. The van der Waals surface area contributed by atoms with Crippen molar-refractivity contribution in [2.45, 2.75) is 46.6 Å². The van der Waals surface area contributed by atoms with Gasteiger partial charge in [0.2, 0.25) is 0 Å². The first-order valence-electron chi connectivity index (χ1n) is 5.74. The molecule has 3 heteroatoms. The van der Waals surface area contributed by atoms with E-state index in [-0.39, 0.29) is 0 Å². The number of thiazole rings is 1. The van der Waals surface area contributed by atoms with Crippen molar-refractivity contribution in [3.05, 3.63) is 16.1 Å². The minimum atomic E-state index is 0.568. The van der Waals surface area contributed by atoms with E-state index in [1.54, 1.807) is 11.3 Å². The molecule has 0 aromatic carbocycles. The van der Waals surface area contributed by atoms with Crippen molar-refractivity contribution in [2.24, 2.45) is 5.92 Å². The van der Waals surface area contributed by atoms with Gasteiger partial charge >= 0.3 is 0 Å². The minimum absolute atomic E-state index is 0.568. The van der Waals surface area contributed by atoms with Crippen molar-refractivity contribution in [1.29, 1.82) is 0 Å². The molecule has 0 spiro atoms. The molecule has 0 saturated heterocycles. The molecule has 15 heavy (non-hydrogen) atoms. The summed E-state index contributed by atoms with van der Waals surface area (Å²) in [5.74, 6) is 0.706. The fourth-order valence-corrected chi connectivity index (χ4v) is 2.44. The molecule has 0 amide bonds. The lowest BCUT2D eigenvalue weighted by Gasteiger charge is -2.05. The molecular weight excluding hydrogens is 204 g/mol. The summed E-state index contributed by atoms with van der Waals surface area (Å²) in [6.45, 7) is 9.85. The van der Waals surface area contributed by atoms with Crippen LogP contribution in [0.2, 0.25) is 0 Å². The zero-order chi connectivity index (χ0) is 11.3. The zero-order valence-corrected chi connectivity index (χ0v) is 11.0. The summed E-state index contributed by atoms with van der Waals surface area (Å²) in [6, 6.07) is 0.568. The quantitative estimate of drug-likeness (QED) is 0.807. The standard InChI is InChI=1S/C12H22N2S/c1-9(2)7-12-14-11(8-15-12)5-6-13-10(3)4/h8-10,13H,5-7H2,1-4H3. The maximum atomic E-state index is 4.63. The monoisotopic (exact) mass is 226 g/mol. The molecule has 1 aromatic heterocycles. The normalized spacial score (nSPS) is 11.6. The number of rotatable bonds is 6. The van der Waals surface area contributed by atoms with Gasteiger partial charge in [0.25, 0.3) is 0 Å². The van der Waals surface area contributed by atoms with Gasteiger partial charge in [0.1, 0.15) is 0 Å². The third kappa shape index (κ3) is 5.28. The highest BCUT2D eigenvalue weighted by atomic mass is 32.1. The molecule has 1 aromatic rings. The van der Waals surface area contributed by atoms with E-state index in [0.717, 1.165) is 19.4 Å². The molecule has 1 heterocycles. The van der Waals surface area contributed by atoms with Crippen LogP contribution in [0.25, 0.3) is 0 Å². The predicted octanol–water partition coefficient (Wildman–Crippen LogP) is 2.88. The van der Waals surface area contributed by atoms with Crippen LogP contribution in [-0.4, -0.2) is 17.6 Å². The van der Waals surface area contributed by atoms with Crippen LogP contribution >= 0.6 is 11.3 Å².